The van der Waals surface area contributed by atoms with Crippen LogP contribution in [0.4, 0.5) is 0 Å². The summed E-state index contributed by atoms with van der Waals surface area (Å²) < 4.78 is 0. The average Bonchev–Trinajstić information content (AvgIpc) is 2.46. The molecule has 1 aromatic carbocycles. The Hall–Kier alpha value is -1.84. The molecular weight excluding hydrogens is 252 g/mol. The fraction of sp³-hybridized carbons (Fsp3) is 0.500. The summed E-state index contributed by atoms with van der Waals surface area (Å²) >= 11 is 0. The Kier molecular flexibility index (Phi) is 4.12. The van der Waals surface area contributed by atoms with Crippen molar-refractivity contribution in [3.8, 4) is 0 Å². The molecule has 0 spiro atoms. The molecule has 1 aliphatic heterocycles. The zero-order valence-electron chi connectivity index (χ0n) is 12.6. The molecule has 4 nitrogen and oxygen atoms in total. The lowest BCUT2D eigenvalue weighted by Gasteiger charge is -2.28. The summed E-state index contributed by atoms with van der Waals surface area (Å²) in [5, 5.41) is 2.73. The van der Waals surface area contributed by atoms with Crippen LogP contribution in [-0.2, 0) is 16.1 Å². The fourth-order valence-electron chi connectivity index (χ4n) is 2.54. The van der Waals surface area contributed by atoms with Crippen molar-refractivity contribution in [2.75, 3.05) is 0 Å². The summed E-state index contributed by atoms with van der Waals surface area (Å²) in [6, 6.07) is 5.71. The molecule has 20 heavy (non-hydrogen) atoms. The van der Waals surface area contributed by atoms with E-state index in [0.717, 1.165) is 5.56 Å². The van der Waals surface area contributed by atoms with E-state index in [1.807, 2.05) is 13.0 Å². The maximum atomic E-state index is 12.4. The average molecular weight is 274 g/mol. The maximum absolute atomic E-state index is 12.4. The summed E-state index contributed by atoms with van der Waals surface area (Å²) in [5.41, 5.74) is 3.57. The molecule has 4 heteroatoms. The first-order chi connectivity index (χ1) is 9.38. The van der Waals surface area contributed by atoms with E-state index in [2.05, 4.69) is 31.3 Å². The third kappa shape index (κ3) is 3.00. The smallest absolute Gasteiger partial charge is 0.245 e. The Labute approximate surface area is 120 Å². The highest BCUT2D eigenvalue weighted by Gasteiger charge is 2.31. The van der Waals surface area contributed by atoms with Crippen molar-refractivity contribution in [3.63, 3.8) is 0 Å². The van der Waals surface area contributed by atoms with Crippen LogP contribution in [0.2, 0.25) is 0 Å². The number of carbonyl (C=O) groups excluding carboxylic acids is 2. The van der Waals surface area contributed by atoms with Crippen molar-refractivity contribution in [3.05, 3.63) is 34.9 Å². The third-order valence-electron chi connectivity index (χ3n) is 3.97. The van der Waals surface area contributed by atoms with Gasteiger partial charge in [-0.2, -0.15) is 0 Å². The Morgan fingerprint density at radius 2 is 1.90 bits per heavy atom. The van der Waals surface area contributed by atoms with Crippen LogP contribution in [0.25, 0.3) is 0 Å². The topological polar surface area (TPSA) is 49.4 Å². The minimum absolute atomic E-state index is 0.0124. The van der Waals surface area contributed by atoms with Crippen LogP contribution in [0.1, 0.15) is 37.0 Å². The maximum Gasteiger partial charge on any atom is 0.245 e. The van der Waals surface area contributed by atoms with E-state index in [-0.39, 0.29) is 17.9 Å². The monoisotopic (exact) mass is 274 g/mol. The minimum atomic E-state index is -0.445. The van der Waals surface area contributed by atoms with Crippen LogP contribution in [0, 0.1) is 13.8 Å². The number of amides is 2. The molecule has 2 atom stereocenters. The van der Waals surface area contributed by atoms with E-state index in [0.29, 0.717) is 13.0 Å². The van der Waals surface area contributed by atoms with E-state index < -0.39 is 6.04 Å². The van der Waals surface area contributed by atoms with Gasteiger partial charge in [0.25, 0.3) is 0 Å². The highest BCUT2D eigenvalue weighted by Crippen LogP contribution is 2.17. The van der Waals surface area contributed by atoms with Crippen LogP contribution >= 0.6 is 0 Å². The molecule has 0 bridgehead atoms. The van der Waals surface area contributed by atoms with Crippen molar-refractivity contribution in [1.82, 2.24) is 10.2 Å². The summed E-state index contributed by atoms with van der Waals surface area (Å²) in [4.78, 5) is 25.8. The van der Waals surface area contributed by atoms with Gasteiger partial charge >= 0.3 is 0 Å². The van der Waals surface area contributed by atoms with Gasteiger partial charge in [0.2, 0.25) is 11.8 Å². The van der Waals surface area contributed by atoms with Crippen molar-refractivity contribution < 1.29 is 9.59 Å². The second kappa shape index (κ2) is 5.65. The number of hydrogen-bond donors (Lipinski definition) is 1. The van der Waals surface area contributed by atoms with Gasteiger partial charge in [0.1, 0.15) is 6.04 Å². The normalized spacial score (nSPS) is 23.5. The molecule has 108 valence electrons. The quantitative estimate of drug-likeness (QED) is 0.896. The summed E-state index contributed by atoms with van der Waals surface area (Å²) in [6.07, 6.45) is 0.362. The van der Waals surface area contributed by atoms with Crippen LogP contribution in [0.5, 0.6) is 0 Å². The van der Waals surface area contributed by atoms with Gasteiger partial charge in [0, 0.05) is 19.0 Å². The molecule has 1 aromatic rings. The van der Waals surface area contributed by atoms with Crippen molar-refractivity contribution in [2.45, 2.75) is 52.7 Å². The zero-order chi connectivity index (χ0) is 14.9. The van der Waals surface area contributed by atoms with Crippen LogP contribution in [0.3, 0.4) is 0 Å². The molecule has 0 radical (unpaired) electrons. The first kappa shape index (κ1) is 14.6. The third-order valence-corrected chi connectivity index (χ3v) is 3.97. The second-order valence-electron chi connectivity index (χ2n) is 5.73. The number of benzene rings is 1. The van der Waals surface area contributed by atoms with Gasteiger partial charge in [0.15, 0.2) is 0 Å². The Morgan fingerprint density at radius 3 is 2.55 bits per heavy atom. The first-order valence-corrected chi connectivity index (χ1v) is 7.04. The van der Waals surface area contributed by atoms with E-state index in [1.54, 1.807) is 11.8 Å². The van der Waals surface area contributed by atoms with Crippen LogP contribution < -0.4 is 5.32 Å². The molecule has 0 aliphatic carbocycles. The van der Waals surface area contributed by atoms with Gasteiger partial charge in [-0.1, -0.05) is 18.2 Å². The zero-order valence-corrected chi connectivity index (χ0v) is 12.6. The van der Waals surface area contributed by atoms with Gasteiger partial charge < -0.3 is 10.2 Å². The fourth-order valence-corrected chi connectivity index (χ4v) is 2.54. The molecule has 0 saturated carbocycles. The lowest BCUT2D eigenvalue weighted by atomic mass is 10.0. The van der Waals surface area contributed by atoms with Crippen molar-refractivity contribution in [1.29, 1.82) is 0 Å². The van der Waals surface area contributed by atoms with E-state index in [4.69, 9.17) is 0 Å². The standard InChI is InChI=1S/C16H22N2O2/c1-10-5-6-14(7-11(10)2)9-18-12(3)8-15(19)17-13(4)16(18)20/h5-7,12-13H,8-9H2,1-4H3,(H,17,19). The number of rotatable bonds is 2. The molecule has 2 rings (SSSR count). The SMILES string of the molecule is Cc1ccc(CN2C(=O)C(C)NC(=O)CC2C)cc1C. The Morgan fingerprint density at radius 1 is 1.20 bits per heavy atom. The molecule has 2 amide bonds. The van der Waals surface area contributed by atoms with Crippen molar-refractivity contribution in [2.24, 2.45) is 0 Å². The number of aryl methyl sites for hydroxylation is 2. The highest BCUT2D eigenvalue weighted by molar-refractivity contribution is 5.90. The molecule has 0 aromatic heterocycles. The largest absolute Gasteiger partial charge is 0.345 e. The van der Waals surface area contributed by atoms with Gasteiger partial charge in [-0.15, -0.1) is 0 Å². The molecule has 1 N–H and O–H groups in total. The first-order valence-electron chi connectivity index (χ1n) is 7.04. The number of hydrogen-bond acceptors (Lipinski definition) is 2. The molecular formula is C16H22N2O2. The number of nitrogens with one attached hydrogen (secondary N) is 1. The molecule has 1 saturated heterocycles. The Bertz CT molecular complexity index is 539. The molecule has 1 heterocycles. The van der Waals surface area contributed by atoms with Crippen molar-refractivity contribution >= 4 is 11.8 Å². The van der Waals surface area contributed by atoms with E-state index in [1.165, 1.54) is 11.1 Å². The van der Waals surface area contributed by atoms with Crippen LogP contribution in [-0.4, -0.2) is 28.8 Å². The second-order valence-corrected chi connectivity index (χ2v) is 5.73. The lowest BCUT2D eigenvalue weighted by Crippen LogP contribution is -2.44. The lowest BCUT2D eigenvalue weighted by molar-refractivity contribution is -0.135. The summed E-state index contributed by atoms with van der Waals surface area (Å²) in [5.74, 6) is -0.0671. The highest BCUT2D eigenvalue weighted by atomic mass is 16.2. The summed E-state index contributed by atoms with van der Waals surface area (Å²) in [7, 11) is 0. The van der Waals surface area contributed by atoms with Gasteiger partial charge in [0.05, 0.1) is 0 Å². The minimum Gasteiger partial charge on any atom is -0.345 e. The predicted octanol–water partition coefficient (Wildman–Crippen LogP) is 1.93. The summed E-state index contributed by atoms with van der Waals surface area (Å²) in [6.45, 7) is 8.37. The van der Waals surface area contributed by atoms with E-state index >= 15 is 0 Å². The van der Waals surface area contributed by atoms with Gasteiger partial charge in [-0.25, -0.2) is 0 Å². The predicted molar refractivity (Wildman–Crippen MR) is 78.1 cm³/mol. The van der Waals surface area contributed by atoms with Gasteiger partial charge in [-0.3, -0.25) is 9.59 Å². The van der Waals surface area contributed by atoms with E-state index in [9.17, 15) is 9.59 Å². The van der Waals surface area contributed by atoms with Crippen LogP contribution in [0.15, 0.2) is 18.2 Å². The number of carbonyl (C=O) groups is 2. The molecule has 2 unspecified atom stereocenters. The Balaban J connectivity index is 2.22. The molecule has 1 aliphatic rings. The molecule has 1 fully saturated rings. The number of nitrogens with zero attached hydrogens (tertiary/aromatic N) is 1. The van der Waals surface area contributed by atoms with Gasteiger partial charge in [-0.05, 0) is 44.4 Å².